The number of methoxy groups -OCH3 is 1. The normalized spacial score (nSPS) is 21.2. The second-order valence-electron chi connectivity index (χ2n) is 7.08. The summed E-state index contributed by atoms with van der Waals surface area (Å²) >= 11 is 0. The van der Waals surface area contributed by atoms with Crippen molar-refractivity contribution in [3.05, 3.63) is 71.3 Å². The Bertz CT molecular complexity index is 843. The van der Waals surface area contributed by atoms with Crippen LogP contribution < -0.4 is 0 Å². The molecule has 2 aromatic rings. The van der Waals surface area contributed by atoms with Crippen molar-refractivity contribution in [2.45, 2.75) is 11.5 Å². The van der Waals surface area contributed by atoms with E-state index < -0.39 is 5.60 Å². The van der Waals surface area contributed by atoms with Gasteiger partial charge in [0.2, 0.25) is 5.91 Å². The molecule has 2 amide bonds. The SMILES string of the molecule is COC1(c2ccccc2)CN(C(=O)C2CN(C)C(=O)c3ccccc32)C1. The first kappa shape index (κ1) is 16.8. The molecule has 2 aliphatic rings. The van der Waals surface area contributed by atoms with Crippen molar-refractivity contribution in [2.24, 2.45) is 0 Å². The molecule has 26 heavy (non-hydrogen) atoms. The Balaban J connectivity index is 1.57. The molecule has 0 spiro atoms. The number of ether oxygens (including phenoxy) is 1. The van der Waals surface area contributed by atoms with Crippen molar-refractivity contribution in [3.63, 3.8) is 0 Å². The zero-order valence-corrected chi connectivity index (χ0v) is 15.0. The second-order valence-corrected chi connectivity index (χ2v) is 7.08. The molecule has 2 aliphatic heterocycles. The van der Waals surface area contributed by atoms with Gasteiger partial charge in [-0.15, -0.1) is 0 Å². The first-order chi connectivity index (χ1) is 12.6. The number of likely N-dealkylation sites (N-methyl/N-ethyl adjacent to an activating group) is 1. The largest absolute Gasteiger partial charge is 0.370 e. The summed E-state index contributed by atoms with van der Waals surface area (Å²) in [6.45, 7) is 1.47. The number of fused-ring (bicyclic) bond motifs is 1. The van der Waals surface area contributed by atoms with Crippen molar-refractivity contribution in [1.82, 2.24) is 9.80 Å². The monoisotopic (exact) mass is 350 g/mol. The molecule has 134 valence electrons. The maximum absolute atomic E-state index is 13.2. The lowest BCUT2D eigenvalue weighted by atomic mass is 9.82. The van der Waals surface area contributed by atoms with Crippen molar-refractivity contribution in [3.8, 4) is 0 Å². The minimum Gasteiger partial charge on any atom is -0.370 e. The van der Waals surface area contributed by atoms with Gasteiger partial charge in [0.25, 0.3) is 5.91 Å². The summed E-state index contributed by atoms with van der Waals surface area (Å²) in [5, 5.41) is 0. The number of carbonyl (C=O) groups excluding carboxylic acids is 2. The van der Waals surface area contributed by atoms with E-state index >= 15 is 0 Å². The van der Waals surface area contributed by atoms with Crippen LogP contribution in [0.5, 0.6) is 0 Å². The van der Waals surface area contributed by atoms with Crippen LogP contribution >= 0.6 is 0 Å². The molecule has 0 aliphatic carbocycles. The zero-order valence-electron chi connectivity index (χ0n) is 15.0. The zero-order chi connectivity index (χ0) is 18.3. The van der Waals surface area contributed by atoms with Gasteiger partial charge in [-0.2, -0.15) is 0 Å². The second kappa shape index (κ2) is 6.25. The van der Waals surface area contributed by atoms with Crippen LogP contribution in [-0.4, -0.2) is 55.4 Å². The minimum atomic E-state index is -0.438. The predicted octanol–water partition coefficient (Wildman–Crippen LogP) is 2.24. The van der Waals surface area contributed by atoms with Crippen LogP contribution in [0.25, 0.3) is 0 Å². The Morgan fingerprint density at radius 1 is 1.08 bits per heavy atom. The number of nitrogens with zero attached hydrogens (tertiary/aromatic N) is 2. The molecule has 0 radical (unpaired) electrons. The van der Waals surface area contributed by atoms with E-state index in [9.17, 15) is 9.59 Å². The number of hydrogen-bond acceptors (Lipinski definition) is 3. The lowest BCUT2D eigenvalue weighted by Gasteiger charge is -2.50. The van der Waals surface area contributed by atoms with E-state index in [1.54, 1.807) is 25.1 Å². The Kier molecular flexibility index (Phi) is 4.04. The van der Waals surface area contributed by atoms with Crippen LogP contribution in [0.15, 0.2) is 54.6 Å². The van der Waals surface area contributed by atoms with Gasteiger partial charge in [-0.1, -0.05) is 48.5 Å². The number of carbonyl (C=O) groups is 2. The highest BCUT2D eigenvalue weighted by atomic mass is 16.5. The van der Waals surface area contributed by atoms with Crippen LogP contribution in [0.2, 0.25) is 0 Å². The molecule has 1 fully saturated rings. The number of amides is 2. The molecule has 4 rings (SSSR count). The van der Waals surface area contributed by atoms with Gasteiger partial charge in [0.15, 0.2) is 0 Å². The highest BCUT2D eigenvalue weighted by Crippen LogP contribution is 2.38. The summed E-state index contributed by atoms with van der Waals surface area (Å²) in [5.41, 5.74) is 2.10. The van der Waals surface area contributed by atoms with E-state index in [2.05, 4.69) is 0 Å². The maximum atomic E-state index is 13.2. The fraction of sp³-hybridized carbons (Fsp3) is 0.333. The van der Waals surface area contributed by atoms with Crippen LogP contribution in [0, 0.1) is 0 Å². The van der Waals surface area contributed by atoms with Crippen molar-refractivity contribution >= 4 is 11.8 Å². The van der Waals surface area contributed by atoms with E-state index in [1.807, 2.05) is 53.4 Å². The summed E-state index contributed by atoms with van der Waals surface area (Å²) < 4.78 is 5.78. The number of benzene rings is 2. The van der Waals surface area contributed by atoms with E-state index in [0.717, 1.165) is 11.1 Å². The lowest BCUT2D eigenvalue weighted by Crippen LogP contribution is -2.63. The van der Waals surface area contributed by atoms with Crippen LogP contribution in [-0.2, 0) is 15.1 Å². The van der Waals surface area contributed by atoms with Crippen molar-refractivity contribution in [2.75, 3.05) is 33.8 Å². The smallest absolute Gasteiger partial charge is 0.253 e. The molecule has 1 unspecified atom stereocenters. The first-order valence-corrected chi connectivity index (χ1v) is 8.79. The lowest BCUT2D eigenvalue weighted by molar-refractivity contribution is -0.166. The fourth-order valence-electron chi connectivity index (χ4n) is 3.99. The van der Waals surface area contributed by atoms with Gasteiger partial charge in [0.05, 0.1) is 19.0 Å². The van der Waals surface area contributed by atoms with E-state index in [1.165, 1.54) is 0 Å². The van der Waals surface area contributed by atoms with Gasteiger partial charge in [0, 0.05) is 26.3 Å². The molecule has 1 atom stereocenters. The molecular formula is C21H22N2O3. The van der Waals surface area contributed by atoms with Gasteiger partial charge < -0.3 is 14.5 Å². The molecule has 0 N–H and O–H groups in total. The summed E-state index contributed by atoms with van der Waals surface area (Å²) in [6, 6.07) is 17.4. The Morgan fingerprint density at radius 2 is 1.73 bits per heavy atom. The summed E-state index contributed by atoms with van der Waals surface area (Å²) in [5.74, 6) is -0.288. The van der Waals surface area contributed by atoms with Gasteiger partial charge in [-0.25, -0.2) is 0 Å². The van der Waals surface area contributed by atoms with E-state index in [4.69, 9.17) is 4.74 Å². The highest BCUT2D eigenvalue weighted by Gasteiger charge is 2.49. The number of rotatable bonds is 3. The Hall–Kier alpha value is -2.66. The van der Waals surface area contributed by atoms with Crippen molar-refractivity contribution < 1.29 is 14.3 Å². The van der Waals surface area contributed by atoms with Crippen LogP contribution in [0.3, 0.4) is 0 Å². The van der Waals surface area contributed by atoms with Gasteiger partial charge >= 0.3 is 0 Å². The Morgan fingerprint density at radius 3 is 2.42 bits per heavy atom. The quantitative estimate of drug-likeness (QED) is 0.853. The number of hydrogen-bond donors (Lipinski definition) is 0. The maximum Gasteiger partial charge on any atom is 0.253 e. The number of likely N-dealkylation sites (tertiary alicyclic amines) is 1. The summed E-state index contributed by atoms with van der Waals surface area (Å²) in [6.07, 6.45) is 0. The average molecular weight is 350 g/mol. The Labute approximate surface area is 153 Å². The summed E-state index contributed by atoms with van der Waals surface area (Å²) in [7, 11) is 3.44. The molecular weight excluding hydrogens is 328 g/mol. The van der Waals surface area contributed by atoms with Crippen molar-refractivity contribution in [1.29, 1.82) is 0 Å². The van der Waals surface area contributed by atoms with Gasteiger partial charge in [-0.05, 0) is 17.2 Å². The predicted molar refractivity (Wildman–Crippen MR) is 97.9 cm³/mol. The van der Waals surface area contributed by atoms with E-state index in [0.29, 0.717) is 25.2 Å². The van der Waals surface area contributed by atoms with Gasteiger partial charge in [0.1, 0.15) is 5.60 Å². The van der Waals surface area contributed by atoms with Crippen LogP contribution in [0.1, 0.15) is 27.4 Å². The molecule has 5 heteroatoms. The molecule has 0 aromatic heterocycles. The van der Waals surface area contributed by atoms with Gasteiger partial charge in [-0.3, -0.25) is 9.59 Å². The highest BCUT2D eigenvalue weighted by molar-refractivity contribution is 6.00. The molecule has 2 heterocycles. The third-order valence-corrected chi connectivity index (χ3v) is 5.56. The van der Waals surface area contributed by atoms with Crippen LogP contribution in [0.4, 0.5) is 0 Å². The fourth-order valence-corrected chi connectivity index (χ4v) is 3.99. The minimum absolute atomic E-state index is 0.0243. The average Bonchev–Trinajstić information content (AvgIpc) is 2.65. The third kappa shape index (κ3) is 2.51. The standard InChI is InChI=1S/C21H22N2O3/c1-22-12-18(16-10-6-7-11-17(16)19(22)24)20(25)23-13-21(14-23,26-2)15-8-4-3-5-9-15/h3-11,18H,12-14H2,1-2H3. The first-order valence-electron chi connectivity index (χ1n) is 8.79. The third-order valence-electron chi connectivity index (χ3n) is 5.56. The summed E-state index contributed by atoms with van der Waals surface area (Å²) in [4.78, 5) is 29.0. The molecule has 5 nitrogen and oxygen atoms in total. The molecule has 1 saturated heterocycles. The van der Waals surface area contributed by atoms with E-state index in [-0.39, 0.29) is 17.7 Å². The molecule has 2 aromatic carbocycles. The topological polar surface area (TPSA) is 49.9 Å². The molecule has 0 bridgehead atoms. The molecule has 0 saturated carbocycles.